The van der Waals surface area contributed by atoms with Gasteiger partial charge >= 0.3 is 0 Å². The Bertz CT molecular complexity index is 1050. The molecule has 0 aliphatic carbocycles. The summed E-state index contributed by atoms with van der Waals surface area (Å²) in [5, 5.41) is 3.96. The van der Waals surface area contributed by atoms with E-state index in [-0.39, 0.29) is 16.3 Å². The van der Waals surface area contributed by atoms with Crippen LogP contribution < -0.4 is 9.46 Å². The fourth-order valence-corrected chi connectivity index (χ4v) is 3.70. The lowest BCUT2D eigenvalue weighted by Crippen LogP contribution is -2.14. The average molecular weight is 405 g/mol. The molecule has 1 heterocycles. The molecule has 2 aromatic carbocycles. The second kappa shape index (κ2) is 8.41. The van der Waals surface area contributed by atoms with Crippen LogP contribution in [0.1, 0.15) is 5.56 Å². The highest BCUT2D eigenvalue weighted by Gasteiger charge is 2.17. The first-order chi connectivity index (χ1) is 13.4. The third-order valence-corrected chi connectivity index (χ3v) is 5.33. The van der Waals surface area contributed by atoms with Crippen LogP contribution in [0.3, 0.4) is 0 Å². The van der Waals surface area contributed by atoms with Crippen molar-refractivity contribution in [1.82, 2.24) is 9.78 Å². The minimum atomic E-state index is -3.88. The Morgan fingerprint density at radius 3 is 2.64 bits per heavy atom. The van der Waals surface area contributed by atoms with E-state index in [4.69, 9.17) is 9.47 Å². The molecule has 0 radical (unpaired) electrons. The molecule has 3 aromatic rings. The minimum absolute atomic E-state index is 0.0562. The zero-order valence-corrected chi connectivity index (χ0v) is 16.2. The summed E-state index contributed by atoms with van der Waals surface area (Å²) in [6, 6.07) is 10.2. The Hall–Kier alpha value is -2.91. The maximum atomic E-state index is 14.3. The quantitative estimate of drug-likeness (QED) is 0.582. The van der Waals surface area contributed by atoms with Crippen LogP contribution in [-0.2, 0) is 14.8 Å². The van der Waals surface area contributed by atoms with Crippen LogP contribution in [-0.4, -0.2) is 38.5 Å². The molecule has 0 saturated heterocycles. The highest BCUT2D eigenvalue weighted by Crippen LogP contribution is 2.25. The van der Waals surface area contributed by atoms with Crippen LogP contribution >= 0.6 is 0 Å². The fourth-order valence-electron chi connectivity index (χ4n) is 2.57. The number of ether oxygens (including phenoxy) is 2. The number of hydrogen-bond donors (Lipinski definition) is 1. The smallest absolute Gasteiger partial charge is 0.261 e. The molecule has 0 atom stereocenters. The summed E-state index contributed by atoms with van der Waals surface area (Å²) in [5.41, 5.74) is 1.01. The van der Waals surface area contributed by atoms with Crippen LogP contribution in [0.25, 0.3) is 5.69 Å². The zero-order chi connectivity index (χ0) is 20.1. The molecule has 9 heteroatoms. The van der Waals surface area contributed by atoms with Crippen molar-refractivity contribution in [2.45, 2.75) is 11.8 Å². The Morgan fingerprint density at radius 2 is 2.00 bits per heavy atom. The SMILES string of the molecule is COCCOc1ccc(S(=O)(=O)Nc2ccc(-n3cccn3)c(F)c2)cc1C. The number of nitrogens with one attached hydrogen (secondary N) is 1. The third kappa shape index (κ3) is 4.49. The number of nitrogens with zero attached hydrogens (tertiary/aromatic N) is 2. The molecule has 1 aromatic heterocycles. The van der Waals surface area contributed by atoms with Gasteiger partial charge < -0.3 is 9.47 Å². The van der Waals surface area contributed by atoms with E-state index in [1.807, 2.05) is 0 Å². The van der Waals surface area contributed by atoms with Gasteiger partial charge in [-0.2, -0.15) is 5.10 Å². The van der Waals surface area contributed by atoms with Gasteiger partial charge in [0.15, 0.2) is 5.82 Å². The molecule has 0 amide bonds. The summed E-state index contributed by atoms with van der Waals surface area (Å²) >= 11 is 0. The van der Waals surface area contributed by atoms with Crippen molar-refractivity contribution in [3.63, 3.8) is 0 Å². The first-order valence-electron chi connectivity index (χ1n) is 8.45. The molecule has 0 bridgehead atoms. The van der Waals surface area contributed by atoms with Gasteiger partial charge in [-0.3, -0.25) is 4.72 Å². The van der Waals surface area contributed by atoms with Gasteiger partial charge in [-0.25, -0.2) is 17.5 Å². The predicted molar refractivity (Wildman–Crippen MR) is 103 cm³/mol. The van der Waals surface area contributed by atoms with Crippen LogP contribution in [0.2, 0.25) is 0 Å². The molecule has 0 saturated carbocycles. The highest BCUT2D eigenvalue weighted by molar-refractivity contribution is 7.92. The van der Waals surface area contributed by atoms with Gasteiger partial charge in [-0.05, 0) is 48.9 Å². The standard InChI is InChI=1S/C19H20FN3O4S/c1-14-12-16(5-7-19(14)27-11-10-26-2)28(24,25)22-15-4-6-18(17(20)13-15)23-9-3-8-21-23/h3-9,12-13,22H,10-11H2,1-2H3. The van der Waals surface area contributed by atoms with Crippen LogP contribution in [0.4, 0.5) is 10.1 Å². The monoisotopic (exact) mass is 405 g/mol. The first-order valence-corrected chi connectivity index (χ1v) is 9.94. The second-order valence-electron chi connectivity index (χ2n) is 5.99. The summed E-state index contributed by atoms with van der Waals surface area (Å²) in [5.74, 6) is -0.0207. The topological polar surface area (TPSA) is 82.5 Å². The molecule has 1 N–H and O–H groups in total. The van der Waals surface area contributed by atoms with E-state index in [9.17, 15) is 12.8 Å². The van der Waals surface area contributed by atoms with Crippen LogP contribution in [0.5, 0.6) is 5.75 Å². The number of aromatic nitrogens is 2. The van der Waals surface area contributed by atoms with Crippen molar-refractivity contribution in [1.29, 1.82) is 0 Å². The van der Waals surface area contributed by atoms with Crippen LogP contribution in [0.15, 0.2) is 59.8 Å². The lowest BCUT2D eigenvalue weighted by molar-refractivity contribution is 0.146. The molecule has 0 aliphatic rings. The first kappa shape index (κ1) is 19.8. The Labute approximate surface area is 162 Å². The number of methoxy groups -OCH3 is 1. The van der Waals surface area contributed by atoms with Crippen molar-refractivity contribution in [2.75, 3.05) is 25.0 Å². The molecule has 148 valence electrons. The summed E-state index contributed by atoms with van der Waals surface area (Å²) in [6.45, 7) is 2.55. The highest BCUT2D eigenvalue weighted by atomic mass is 32.2. The molecule has 0 fully saturated rings. The summed E-state index contributed by atoms with van der Waals surface area (Å²) < 4.78 is 53.8. The van der Waals surface area contributed by atoms with E-state index in [1.54, 1.807) is 32.4 Å². The van der Waals surface area contributed by atoms with Crippen molar-refractivity contribution >= 4 is 15.7 Å². The predicted octanol–water partition coefficient (Wildman–Crippen LogP) is 3.15. The third-order valence-electron chi connectivity index (χ3n) is 3.95. The zero-order valence-electron chi connectivity index (χ0n) is 15.4. The lowest BCUT2D eigenvalue weighted by Gasteiger charge is -2.13. The normalized spacial score (nSPS) is 11.4. The Balaban J connectivity index is 1.78. The number of rotatable bonds is 8. The van der Waals surface area contributed by atoms with Crippen molar-refractivity contribution in [3.05, 3.63) is 66.2 Å². The number of hydrogen-bond acceptors (Lipinski definition) is 5. The molecule has 7 nitrogen and oxygen atoms in total. The second-order valence-corrected chi connectivity index (χ2v) is 7.67. The van der Waals surface area contributed by atoms with Crippen LogP contribution in [0, 0.1) is 12.7 Å². The van der Waals surface area contributed by atoms with Crippen molar-refractivity contribution in [3.8, 4) is 11.4 Å². The van der Waals surface area contributed by atoms with E-state index in [0.717, 1.165) is 6.07 Å². The average Bonchev–Trinajstić information content (AvgIpc) is 3.17. The fraction of sp³-hybridized carbons (Fsp3) is 0.211. The molecular formula is C19H20FN3O4S. The maximum absolute atomic E-state index is 14.3. The number of anilines is 1. The number of halogens is 1. The largest absolute Gasteiger partial charge is 0.491 e. The molecular weight excluding hydrogens is 385 g/mol. The number of aryl methyl sites for hydroxylation is 1. The van der Waals surface area contributed by atoms with Crippen molar-refractivity contribution < 1.29 is 22.3 Å². The van der Waals surface area contributed by atoms with Gasteiger partial charge in [0.2, 0.25) is 0 Å². The van der Waals surface area contributed by atoms with Crippen molar-refractivity contribution in [2.24, 2.45) is 0 Å². The van der Waals surface area contributed by atoms with Gasteiger partial charge in [0, 0.05) is 25.6 Å². The molecule has 0 aliphatic heterocycles. The molecule has 0 spiro atoms. The maximum Gasteiger partial charge on any atom is 0.261 e. The van der Waals surface area contributed by atoms with E-state index >= 15 is 0 Å². The van der Waals surface area contributed by atoms with E-state index in [0.29, 0.717) is 24.5 Å². The van der Waals surface area contributed by atoms with E-state index in [1.165, 1.54) is 35.1 Å². The summed E-state index contributed by atoms with van der Waals surface area (Å²) in [7, 11) is -2.31. The van der Waals surface area contributed by atoms with E-state index < -0.39 is 15.8 Å². The van der Waals surface area contributed by atoms with E-state index in [2.05, 4.69) is 9.82 Å². The molecule has 0 unspecified atom stereocenters. The van der Waals surface area contributed by atoms with Gasteiger partial charge in [-0.15, -0.1) is 0 Å². The molecule has 3 rings (SSSR count). The minimum Gasteiger partial charge on any atom is -0.491 e. The molecule has 28 heavy (non-hydrogen) atoms. The summed E-state index contributed by atoms with van der Waals surface area (Å²) in [6.07, 6.45) is 3.13. The lowest BCUT2D eigenvalue weighted by atomic mass is 10.2. The Kier molecular flexibility index (Phi) is 5.96. The van der Waals surface area contributed by atoms with Gasteiger partial charge in [0.25, 0.3) is 10.0 Å². The van der Waals surface area contributed by atoms with Gasteiger partial charge in [-0.1, -0.05) is 0 Å². The van der Waals surface area contributed by atoms with Gasteiger partial charge in [0.1, 0.15) is 18.0 Å². The number of sulfonamides is 1. The number of benzene rings is 2. The summed E-state index contributed by atoms with van der Waals surface area (Å²) in [4.78, 5) is 0.0562. The Morgan fingerprint density at radius 1 is 1.18 bits per heavy atom. The van der Waals surface area contributed by atoms with Gasteiger partial charge in [0.05, 0.1) is 17.2 Å².